The molecule has 2 amide bonds. The molecule has 2 aromatic rings. The first-order valence-electron chi connectivity index (χ1n) is 8.17. The minimum absolute atomic E-state index is 0.0489. The van der Waals surface area contributed by atoms with Crippen LogP contribution in [0.15, 0.2) is 47.4 Å². The standard InChI is InChI=1S/C19H22F2N2O3S/c1-23(12-13-8-9-17(27-3)16(10-13)25-2)19(24)22-11-14-6-4-5-7-15(14)26-18(20)21/h4-10,18H,11-12H2,1-3H3,(H,22,24). The minimum atomic E-state index is -2.91. The lowest BCUT2D eigenvalue weighted by molar-refractivity contribution is -0.0504. The molecule has 2 rings (SSSR count). The van der Waals surface area contributed by atoms with Crippen molar-refractivity contribution in [2.45, 2.75) is 24.6 Å². The number of amides is 2. The zero-order valence-corrected chi connectivity index (χ0v) is 16.2. The summed E-state index contributed by atoms with van der Waals surface area (Å²) in [5, 5.41) is 2.71. The third kappa shape index (κ3) is 6.02. The molecule has 0 aliphatic carbocycles. The molecule has 0 aliphatic heterocycles. The number of thioether (sulfide) groups is 1. The number of para-hydroxylation sites is 1. The van der Waals surface area contributed by atoms with E-state index in [1.165, 1.54) is 11.0 Å². The summed E-state index contributed by atoms with van der Waals surface area (Å²) in [7, 11) is 3.26. The summed E-state index contributed by atoms with van der Waals surface area (Å²) < 4.78 is 34.7. The fourth-order valence-corrected chi connectivity index (χ4v) is 3.04. The monoisotopic (exact) mass is 396 g/mol. The molecule has 0 aliphatic rings. The average molecular weight is 396 g/mol. The number of hydrogen-bond donors (Lipinski definition) is 1. The molecule has 0 bridgehead atoms. The number of ether oxygens (including phenoxy) is 2. The Labute approximate surface area is 161 Å². The molecule has 2 aromatic carbocycles. The second kappa shape index (κ2) is 10.0. The SMILES string of the molecule is COc1cc(CN(C)C(=O)NCc2ccccc2OC(F)F)ccc1SC. The second-order valence-corrected chi connectivity index (χ2v) is 6.54. The van der Waals surface area contributed by atoms with E-state index in [1.807, 2.05) is 24.5 Å². The van der Waals surface area contributed by atoms with Crippen LogP contribution in [0.1, 0.15) is 11.1 Å². The summed E-state index contributed by atoms with van der Waals surface area (Å²) in [5.41, 5.74) is 1.40. The number of nitrogens with one attached hydrogen (secondary N) is 1. The summed E-state index contributed by atoms with van der Waals surface area (Å²) in [5.74, 6) is 0.805. The molecule has 0 fully saturated rings. The van der Waals surface area contributed by atoms with Crippen molar-refractivity contribution in [2.75, 3.05) is 20.4 Å². The van der Waals surface area contributed by atoms with Crippen molar-refractivity contribution in [3.05, 3.63) is 53.6 Å². The fraction of sp³-hybridized carbons (Fsp3) is 0.316. The van der Waals surface area contributed by atoms with Gasteiger partial charge in [0.05, 0.1) is 7.11 Å². The normalized spacial score (nSPS) is 10.6. The maximum Gasteiger partial charge on any atom is 0.387 e. The molecule has 0 spiro atoms. The predicted octanol–water partition coefficient (Wildman–Crippen LogP) is 4.36. The van der Waals surface area contributed by atoms with Crippen LogP contribution in [0.5, 0.6) is 11.5 Å². The van der Waals surface area contributed by atoms with Gasteiger partial charge in [0.2, 0.25) is 0 Å². The van der Waals surface area contributed by atoms with Gasteiger partial charge < -0.3 is 19.7 Å². The van der Waals surface area contributed by atoms with Gasteiger partial charge in [0.15, 0.2) is 0 Å². The predicted molar refractivity (Wildman–Crippen MR) is 102 cm³/mol. The maximum absolute atomic E-state index is 12.5. The molecule has 0 unspecified atom stereocenters. The van der Waals surface area contributed by atoms with E-state index in [4.69, 9.17) is 4.74 Å². The Morgan fingerprint density at radius 2 is 1.96 bits per heavy atom. The highest BCUT2D eigenvalue weighted by atomic mass is 32.2. The number of halogens is 2. The Bertz CT molecular complexity index is 774. The quantitative estimate of drug-likeness (QED) is 0.674. The van der Waals surface area contributed by atoms with Gasteiger partial charge in [-0.3, -0.25) is 0 Å². The lowest BCUT2D eigenvalue weighted by atomic mass is 10.2. The van der Waals surface area contributed by atoms with E-state index in [2.05, 4.69) is 10.1 Å². The van der Waals surface area contributed by atoms with E-state index in [1.54, 1.807) is 44.1 Å². The molecule has 0 saturated heterocycles. The van der Waals surface area contributed by atoms with Crippen LogP contribution >= 0.6 is 11.8 Å². The number of benzene rings is 2. The third-order valence-electron chi connectivity index (χ3n) is 3.83. The number of carbonyl (C=O) groups is 1. The van der Waals surface area contributed by atoms with E-state index in [-0.39, 0.29) is 18.3 Å². The Morgan fingerprint density at radius 3 is 2.63 bits per heavy atom. The van der Waals surface area contributed by atoms with Crippen LogP contribution in [0.2, 0.25) is 0 Å². The van der Waals surface area contributed by atoms with Crippen molar-refractivity contribution in [1.82, 2.24) is 10.2 Å². The van der Waals surface area contributed by atoms with Crippen molar-refractivity contribution in [3.63, 3.8) is 0 Å². The maximum atomic E-state index is 12.5. The van der Waals surface area contributed by atoms with Gasteiger partial charge in [-0.1, -0.05) is 24.3 Å². The Kier molecular flexibility index (Phi) is 7.72. The first-order valence-corrected chi connectivity index (χ1v) is 9.39. The van der Waals surface area contributed by atoms with Gasteiger partial charge in [0.1, 0.15) is 11.5 Å². The number of rotatable bonds is 8. The summed E-state index contributed by atoms with van der Waals surface area (Å²) in [6.45, 7) is -2.45. The van der Waals surface area contributed by atoms with Crippen LogP contribution in [0.25, 0.3) is 0 Å². The minimum Gasteiger partial charge on any atom is -0.496 e. The van der Waals surface area contributed by atoms with Crippen LogP contribution in [0.4, 0.5) is 13.6 Å². The number of nitrogens with zero attached hydrogens (tertiary/aromatic N) is 1. The summed E-state index contributed by atoms with van der Waals surface area (Å²) in [6.07, 6.45) is 1.96. The number of carbonyl (C=O) groups excluding carboxylic acids is 1. The first-order chi connectivity index (χ1) is 12.9. The van der Waals surface area contributed by atoms with Crippen molar-refractivity contribution >= 4 is 17.8 Å². The lowest BCUT2D eigenvalue weighted by Gasteiger charge is -2.19. The van der Waals surface area contributed by atoms with Crippen LogP contribution in [-0.4, -0.2) is 38.0 Å². The second-order valence-electron chi connectivity index (χ2n) is 5.69. The highest BCUT2D eigenvalue weighted by Crippen LogP contribution is 2.28. The highest BCUT2D eigenvalue weighted by molar-refractivity contribution is 7.98. The molecule has 0 atom stereocenters. The molecule has 8 heteroatoms. The average Bonchev–Trinajstić information content (AvgIpc) is 2.66. The smallest absolute Gasteiger partial charge is 0.387 e. The molecule has 146 valence electrons. The molecule has 27 heavy (non-hydrogen) atoms. The fourth-order valence-electron chi connectivity index (χ4n) is 2.49. The number of hydrogen-bond acceptors (Lipinski definition) is 4. The zero-order chi connectivity index (χ0) is 19.8. The van der Waals surface area contributed by atoms with E-state index in [0.29, 0.717) is 12.1 Å². The molecular weight excluding hydrogens is 374 g/mol. The van der Waals surface area contributed by atoms with Crippen LogP contribution in [-0.2, 0) is 13.1 Å². The molecule has 0 heterocycles. The Hall–Kier alpha value is -2.48. The van der Waals surface area contributed by atoms with E-state index < -0.39 is 6.61 Å². The Morgan fingerprint density at radius 1 is 1.22 bits per heavy atom. The summed E-state index contributed by atoms with van der Waals surface area (Å²) in [4.78, 5) is 14.8. The molecule has 1 N–H and O–H groups in total. The van der Waals surface area contributed by atoms with Crippen LogP contribution < -0.4 is 14.8 Å². The zero-order valence-electron chi connectivity index (χ0n) is 15.4. The summed E-state index contributed by atoms with van der Waals surface area (Å²) >= 11 is 1.58. The van der Waals surface area contributed by atoms with E-state index >= 15 is 0 Å². The Balaban J connectivity index is 1.97. The van der Waals surface area contributed by atoms with Gasteiger partial charge in [-0.15, -0.1) is 11.8 Å². The van der Waals surface area contributed by atoms with Crippen LogP contribution in [0.3, 0.4) is 0 Å². The van der Waals surface area contributed by atoms with Crippen molar-refractivity contribution in [1.29, 1.82) is 0 Å². The lowest BCUT2D eigenvalue weighted by Crippen LogP contribution is -2.36. The van der Waals surface area contributed by atoms with Gasteiger partial charge in [-0.05, 0) is 30.0 Å². The topological polar surface area (TPSA) is 50.8 Å². The van der Waals surface area contributed by atoms with Crippen molar-refractivity contribution in [2.24, 2.45) is 0 Å². The van der Waals surface area contributed by atoms with Gasteiger partial charge in [-0.2, -0.15) is 8.78 Å². The largest absolute Gasteiger partial charge is 0.496 e. The highest BCUT2D eigenvalue weighted by Gasteiger charge is 2.13. The van der Waals surface area contributed by atoms with Gasteiger partial charge in [0.25, 0.3) is 0 Å². The first kappa shape index (κ1) is 20.8. The number of methoxy groups -OCH3 is 1. The van der Waals surface area contributed by atoms with Crippen molar-refractivity contribution < 1.29 is 23.0 Å². The molecule has 5 nitrogen and oxygen atoms in total. The molecule has 0 aromatic heterocycles. The van der Waals surface area contributed by atoms with Crippen molar-refractivity contribution in [3.8, 4) is 11.5 Å². The van der Waals surface area contributed by atoms with Gasteiger partial charge in [0, 0.05) is 30.6 Å². The molecule has 0 radical (unpaired) electrons. The summed E-state index contributed by atoms with van der Waals surface area (Å²) in [6, 6.07) is 11.8. The number of alkyl halides is 2. The van der Waals surface area contributed by atoms with Gasteiger partial charge >= 0.3 is 12.6 Å². The van der Waals surface area contributed by atoms with E-state index in [9.17, 15) is 13.6 Å². The molecular formula is C19H22F2N2O3S. The molecule has 0 saturated carbocycles. The van der Waals surface area contributed by atoms with E-state index in [0.717, 1.165) is 16.2 Å². The third-order valence-corrected chi connectivity index (χ3v) is 4.61. The number of urea groups is 1. The van der Waals surface area contributed by atoms with Crippen LogP contribution in [0, 0.1) is 0 Å². The van der Waals surface area contributed by atoms with Gasteiger partial charge in [-0.25, -0.2) is 4.79 Å².